The molecular formula is C22H22ClF5N6O. The first-order valence-corrected chi connectivity index (χ1v) is 11.2. The number of alkyl halides is 3. The average Bonchev–Trinajstić information content (AvgIpc) is 2.95. The fourth-order valence-electron chi connectivity index (χ4n) is 4.48. The molecule has 0 bridgehead atoms. The number of aromatic nitrogens is 2. The number of halogens is 6. The van der Waals surface area contributed by atoms with Gasteiger partial charge in [0.15, 0.2) is 11.6 Å². The Kier molecular flexibility index (Phi) is 7.02. The van der Waals surface area contributed by atoms with E-state index in [0.717, 1.165) is 23.4 Å². The molecule has 4 rings (SSSR count). The number of nitrogens with zero attached hydrogens (tertiary/aromatic N) is 4. The summed E-state index contributed by atoms with van der Waals surface area (Å²) in [5, 5.41) is 2.98. The summed E-state index contributed by atoms with van der Waals surface area (Å²) in [6.45, 7) is -0.508. The first-order valence-electron chi connectivity index (χ1n) is 10.8. The standard InChI is InChI=1S/C22H22ClF5N6O/c23-12-7-13(24)9-14(8-12)32-16-3-1-2-5-34(21(16)35)17-10-33(6-4-15(17)22(26,27)28)20-18(25)19(29)30-11-31-20/h1-2,7-9,11,15-17,32H,3-6,10H2,(H2,29,30,31). The number of amides is 1. The molecule has 1 saturated heterocycles. The van der Waals surface area contributed by atoms with Crippen molar-refractivity contribution in [3.8, 4) is 0 Å². The summed E-state index contributed by atoms with van der Waals surface area (Å²) in [6, 6.07) is 1.37. The molecule has 2 aliphatic rings. The van der Waals surface area contributed by atoms with Crippen molar-refractivity contribution in [2.24, 2.45) is 5.92 Å². The molecule has 13 heteroatoms. The fourth-order valence-corrected chi connectivity index (χ4v) is 4.71. The van der Waals surface area contributed by atoms with E-state index in [1.54, 1.807) is 12.2 Å². The number of hydrogen-bond donors (Lipinski definition) is 2. The molecule has 1 aromatic heterocycles. The van der Waals surface area contributed by atoms with Crippen LogP contribution in [0.2, 0.25) is 5.02 Å². The Morgan fingerprint density at radius 1 is 1.14 bits per heavy atom. The lowest BCUT2D eigenvalue weighted by molar-refractivity contribution is -0.196. The van der Waals surface area contributed by atoms with Gasteiger partial charge in [-0.2, -0.15) is 17.6 Å². The molecule has 3 unspecified atom stereocenters. The van der Waals surface area contributed by atoms with E-state index in [9.17, 15) is 26.7 Å². The first kappa shape index (κ1) is 25.0. The summed E-state index contributed by atoms with van der Waals surface area (Å²) in [5.41, 5.74) is 5.73. The Morgan fingerprint density at radius 2 is 1.91 bits per heavy atom. The zero-order valence-corrected chi connectivity index (χ0v) is 19.0. The van der Waals surface area contributed by atoms with Crippen molar-refractivity contribution < 1.29 is 26.7 Å². The summed E-state index contributed by atoms with van der Waals surface area (Å²) in [4.78, 5) is 23.3. The van der Waals surface area contributed by atoms with Crippen LogP contribution in [0.5, 0.6) is 0 Å². The predicted octanol–water partition coefficient (Wildman–Crippen LogP) is 4.02. The smallest absolute Gasteiger partial charge is 0.381 e. The van der Waals surface area contributed by atoms with Crippen molar-refractivity contribution in [3.05, 3.63) is 53.3 Å². The molecule has 7 nitrogen and oxygen atoms in total. The van der Waals surface area contributed by atoms with Gasteiger partial charge in [-0.05, 0) is 31.0 Å². The van der Waals surface area contributed by atoms with Crippen LogP contribution in [0.25, 0.3) is 0 Å². The quantitative estimate of drug-likeness (QED) is 0.471. The van der Waals surface area contributed by atoms with Crippen LogP contribution in [0.1, 0.15) is 12.8 Å². The largest absolute Gasteiger partial charge is 0.393 e. The van der Waals surface area contributed by atoms with Crippen molar-refractivity contribution in [1.82, 2.24) is 14.9 Å². The molecule has 35 heavy (non-hydrogen) atoms. The van der Waals surface area contributed by atoms with E-state index in [2.05, 4.69) is 15.3 Å². The third kappa shape index (κ3) is 5.42. The van der Waals surface area contributed by atoms with Crippen LogP contribution in [0.3, 0.4) is 0 Å². The van der Waals surface area contributed by atoms with Gasteiger partial charge in [-0.15, -0.1) is 0 Å². The third-order valence-corrected chi connectivity index (χ3v) is 6.34. The average molecular weight is 517 g/mol. The lowest BCUT2D eigenvalue weighted by Gasteiger charge is -2.45. The lowest BCUT2D eigenvalue weighted by Crippen LogP contribution is -2.60. The third-order valence-electron chi connectivity index (χ3n) is 6.13. The van der Waals surface area contributed by atoms with Gasteiger partial charge in [-0.1, -0.05) is 23.8 Å². The van der Waals surface area contributed by atoms with Crippen LogP contribution in [0.4, 0.5) is 39.3 Å². The number of piperidine rings is 1. The highest BCUT2D eigenvalue weighted by Crippen LogP contribution is 2.39. The SMILES string of the molecule is Nc1ncnc(N2CCC(C(F)(F)F)C(N3CC=CCC(Nc4cc(F)cc(Cl)c4)C3=O)C2)c1F. The minimum atomic E-state index is -4.59. The number of rotatable bonds is 4. The molecule has 0 saturated carbocycles. The van der Waals surface area contributed by atoms with Crippen molar-refractivity contribution in [2.45, 2.75) is 31.1 Å². The second-order valence-electron chi connectivity index (χ2n) is 8.40. The Labute approximate surface area is 202 Å². The highest BCUT2D eigenvalue weighted by molar-refractivity contribution is 6.30. The molecule has 3 atom stereocenters. The van der Waals surface area contributed by atoms with Gasteiger partial charge in [0, 0.05) is 30.3 Å². The molecule has 1 amide bonds. The number of nitrogens with two attached hydrogens (primary N) is 1. The van der Waals surface area contributed by atoms with E-state index in [1.165, 1.54) is 11.0 Å². The molecule has 2 aromatic rings. The highest BCUT2D eigenvalue weighted by atomic mass is 35.5. The maximum atomic E-state index is 14.5. The van der Waals surface area contributed by atoms with Gasteiger partial charge in [0.1, 0.15) is 18.2 Å². The minimum absolute atomic E-state index is 0.0690. The van der Waals surface area contributed by atoms with Crippen molar-refractivity contribution in [1.29, 1.82) is 0 Å². The van der Waals surface area contributed by atoms with Gasteiger partial charge in [-0.3, -0.25) is 4.79 Å². The first-order chi connectivity index (χ1) is 16.5. The summed E-state index contributed by atoms with van der Waals surface area (Å²) >= 11 is 5.88. The summed E-state index contributed by atoms with van der Waals surface area (Å²) < 4.78 is 70.3. The molecule has 1 fully saturated rings. The Hall–Kier alpha value is -3.15. The monoisotopic (exact) mass is 516 g/mol. The molecular weight excluding hydrogens is 495 g/mol. The number of carbonyl (C=O) groups is 1. The summed E-state index contributed by atoms with van der Waals surface area (Å²) in [7, 11) is 0. The van der Waals surface area contributed by atoms with Crippen molar-refractivity contribution >= 4 is 34.8 Å². The zero-order valence-electron chi connectivity index (χ0n) is 18.3. The molecule has 3 N–H and O–H groups in total. The van der Waals surface area contributed by atoms with Crippen LogP contribution in [-0.4, -0.2) is 58.7 Å². The molecule has 0 radical (unpaired) electrons. The highest BCUT2D eigenvalue weighted by Gasteiger charge is 2.51. The van der Waals surface area contributed by atoms with E-state index in [4.69, 9.17) is 17.3 Å². The van der Waals surface area contributed by atoms with E-state index in [1.807, 2.05) is 0 Å². The number of hydrogen-bond acceptors (Lipinski definition) is 6. The summed E-state index contributed by atoms with van der Waals surface area (Å²) in [6.07, 6.45) is -0.480. The topological polar surface area (TPSA) is 87.4 Å². The number of nitrogen functional groups attached to an aromatic ring is 1. The van der Waals surface area contributed by atoms with Crippen molar-refractivity contribution in [3.63, 3.8) is 0 Å². The second kappa shape index (κ2) is 9.84. The molecule has 0 aliphatic carbocycles. The Bertz CT molecular complexity index is 1110. The predicted molar refractivity (Wildman–Crippen MR) is 121 cm³/mol. The van der Waals surface area contributed by atoms with Gasteiger partial charge in [0.2, 0.25) is 11.7 Å². The van der Waals surface area contributed by atoms with E-state index in [-0.39, 0.29) is 49.0 Å². The number of carbonyl (C=O) groups excluding carboxylic acids is 1. The maximum Gasteiger partial charge on any atom is 0.393 e. The van der Waals surface area contributed by atoms with Gasteiger partial charge < -0.3 is 20.9 Å². The van der Waals surface area contributed by atoms with Gasteiger partial charge in [0.25, 0.3) is 0 Å². The number of anilines is 3. The number of benzene rings is 1. The fraction of sp³-hybridized carbons (Fsp3) is 0.409. The van der Waals surface area contributed by atoms with E-state index >= 15 is 0 Å². The van der Waals surface area contributed by atoms with Gasteiger partial charge >= 0.3 is 6.18 Å². The van der Waals surface area contributed by atoms with E-state index < -0.39 is 47.5 Å². The van der Waals surface area contributed by atoms with Gasteiger partial charge in [0.05, 0.1) is 12.0 Å². The zero-order chi connectivity index (χ0) is 25.3. The molecule has 3 heterocycles. The van der Waals surface area contributed by atoms with Crippen LogP contribution in [0, 0.1) is 17.6 Å². The lowest BCUT2D eigenvalue weighted by atomic mass is 9.89. The van der Waals surface area contributed by atoms with Crippen LogP contribution < -0.4 is 16.0 Å². The van der Waals surface area contributed by atoms with E-state index in [0.29, 0.717) is 0 Å². The van der Waals surface area contributed by atoms with Crippen LogP contribution in [-0.2, 0) is 4.79 Å². The Balaban J connectivity index is 1.63. The Morgan fingerprint density at radius 3 is 2.63 bits per heavy atom. The van der Waals surface area contributed by atoms with Gasteiger partial charge in [-0.25, -0.2) is 14.4 Å². The summed E-state index contributed by atoms with van der Waals surface area (Å²) in [5.74, 6) is -4.62. The second-order valence-corrected chi connectivity index (χ2v) is 8.84. The van der Waals surface area contributed by atoms with Crippen LogP contribution >= 0.6 is 11.6 Å². The molecule has 2 aliphatic heterocycles. The van der Waals surface area contributed by atoms with Crippen LogP contribution in [0.15, 0.2) is 36.7 Å². The molecule has 188 valence electrons. The molecule has 1 aromatic carbocycles. The minimum Gasteiger partial charge on any atom is -0.381 e. The molecule has 0 spiro atoms. The maximum absolute atomic E-state index is 14.5. The normalized spacial score (nSPS) is 23.4. The van der Waals surface area contributed by atoms with Crippen molar-refractivity contribution in [2.75, 3.05) is 35.6 Å². The number of nitrogens with one attached hydrogen (secondary N) is 1.